The van der Waals surface area contributed by atoms with Gasteiger partial charge >= 0.3 is 0 Å². The first kappa shape index (κ1) is 23.6. The van der Waals surface area contributed by atoms with Gasteiger partial charge in [-0.1, -0.05) is 17.7 Å². The monoisotopic (exact) mass is 510 g/mol. The van der Waals surface area contributed by atoms with Crippen molar-refractivity contribution >= 4 is 16.9 Å². The van der Waals surface area contributed by atoms with Crippen molar-refractivity contribution in [3.8, 4) is 22.8 Å². The van der Waals surface area contributed by atoms with Gasteiger partial charge in [-0.25, -0.2) is 14.6 Å². The first-order chi connectivity index (χ1) is 18.6. The van der Waals surface area contributed by atoms with E-state index in [0.29, 0.717) is 17.9 Å². The lowest BCUT2D eigenvalue weighted by Gasteiger charge is -2.52. The quantitative estimate of drug-likeness (QED) is 0.407. The van der Waals surface area contributed by atoms with Crippen LogP contribution in [0.15, 0.2) is 54.9 Å². The van der Waals surface area contributed by atoms with E-state index in [4.69, 9.17) is 15.6 Å². The molecular weight excluding hydrogens is 476 g/mol. The summed E-state index contributed by atoms with van der Waals surface area (Å²) in [5.74, 6) is 2.06. The molecule has 0 aliphatic carbocycles. The molecule has 9 heteroatoms. The lowest BCUT2D eigenvalue weighted by Crippen LogP contribution is -2.69. The van der Waals surface area contributed by atoms with Crippen molar-refractivity contribution in [2.75, 3.05) is 45.0 Å². The maximum Gasteiger partial charge on any atom is 0.164 e. The number of rotatable bonds is 6. The van der Waals surface area contributed by atoms with Gasteiger partial charge in [0.15, 0.2) is 5.65 Å². The van der Waals surface area contributed by atoms with Crippen LogP contribution in [0, 0.1) is 6.92 Å². The average Bonchev–Trinajstić information content (AvgIpc) is 3.28. The first-order valence-electron chi connectivity index (χ1n) is 13.6. The minimum atomic E-state index is 0.299. The summed E-state index contributed by atoms with van der Waals surface area (Å²) in [4.78, 5) is 14.2. The van der Waals surface area contributed by atoms with Gasteiger partial charge in [0.05, 0.1) is 11.4 Å². The molecule has 3 aliphatic rings. The van der Waals surface area contributed by atoms with Crippen LogP contribution in [0.3, 0.4) is 0 Å². The SMILES string of the molecule is Cc1ccc(Oc2ccc(-c3nn(C4CCN(C5CN(C6CNC6)C5)CC4)c4ncnc(N)c34)cc2)cc1. The van der Waals surface area contributed by atoms with E-state index in [-0.39, 0.29) is 0 Å². The second-order valence-electron chi connectivity index (χ2n) is 10.9. The maximum absolute atomic E-state index is 6.38. The molecule has 2 aromatic heterocycles. The number of aromatic nitrogens is 4. The molecule has 0 radical (unpaired) electrons. The predicted octanol–water partition coefficient (Wildman–Crippen LogP) is 3.47. The Kier molecular flexibility index (Phi) is 5.99. The predicted molar refractivity (Wildman–Crippen MR) is 148 cm³/mol. The molecule has 0 saturated carbocycles. The molecule has 0 bridgehead atoms. The van der Waals surface area contributed by atoms with Crippen molar-refractivity contribution in [3.63, 3.8) is 0 Å². The highest BCUT2D eigenvalue weighted by atomic mass is 16.5. The third-order valence-corrected chi connectivity index (χ3v) is 8.43. The Hall–Kier alpha value is -3.53. The number of nitrogens with zero attached hydrogens (tertiary/aromatic N) is 6. The average molecular weight is 511 g/mol. The Bertz CT molecular complexity index is 1420. The number of piperidine rings is 1. The van der Waals surface area contributed by atoms with Crippen molar-refractivity contribution in [2.24, 2.45) is 0 Å². The highest BCUT2D eigenvalue weighted by molar-refractivity contribution is 5.98. The van der Waals surface area contributed by atoms with Crippen molar-refractivity contribution < 1.29 is 4.74 Å². The lowest BCUT2D eigenvalue weighted by atomic mass is 9.97. The third-order valence-electron chi connectivity index (χ3n) is 8.43. The van der Waals surface area contributed by atoms with Crippen molar-refractivity contribution in [1.82, 2.24) is 34.9 Å². The fourth-order valence-corrected chi connectivity index (χ4v) is 5.92. The van der Waals surface area contributed by atoms with E-state index in [1.54, 1.807) is 6.33 Å². The van der Waals surface area contributed by atoms with Crippen molar-refractivity contribution in [1.29, 1.82) is 0 Å². The summed E-state index contributed by atoms with van der Waals surface area (Å²) < 4.78 is 8.12. The maximum atomic E-state index is 6.38. The topological polar surface area (TPSA) is 97.4 Å². The zero-order chi connectivity index (χ0) is 25.6. The summed E-state index contributed by atoms with van der Waals surface area (Å²) in [5.41, 5.74) is 10.2. The van der Waals surface area contributed by atoms with Crippen LogP contribution in [-0.4, -0.2) is 80.9 Å². The van der Waals surface area contributed by atoms with Gasteiger partial charge < -0.3 is 15.8 Å². The number of nitrogens with two attached hydrogens (primary N) is 1. The first-order valence-corrected chi connectivity index (χ1v) is 13.6. The van der Waals surface area contributed by atoms with Gasteiger partial charge in [0.25, 0.3) is 0 Å². The second-order valence-corrected chi connectivity index (χ2v) is 10.9. The summed E-state index contributed by atoms with van der Waals surface area (Å²) in [5, 5.41) is 9.29. The zero-order valence-corrected chi connectivity index (χ0v) is 21.8. The number of likely N-dealkylation sites (tertiary alicyclic amines) is 2. The molecule has 0 amide bonds. The van der Waals surface area contributed by atoms with E-state index in [9.17, 15) is 0 Å². The normalized spacial score (nSPS) is 19.9. The Balaban J connectivity index is 1.08. The molecule has 0 spiro atoms. The fourth-order valence-electron chi connectivity index (χ4n) is 5.92. The molecule has 3 fully saturated rings. The minimum absolute atomic E-state index is 0.299. The Morgan fingerprint density at radius 1 is 0.842 bits per heavy atom. The number of hydrogen-bond donors (Lipinski definition) is 2. The molecule has 7 rings (SSSR count). The molecule has 4 aromatic rings. The molecule has 3 N–H and O–H groups in total. The molecule has 0 unspecified atom stereocenters. The van der Waals surface area contributed by atoms with E-state index in [1.807, 2.05) is 48.5 Å². The van der Waals surface area contributed by atoms with Crippen LogP contribution in [0.5, 0.6) is 11.5 Å². The number of anilines is 1. The molecular formula is C29H34N8O. The van der Waals surface area contributed by atoms with Crippen molar-refractivity contribution in [2.45, 2.75) is 37.9 Å². The van der Waals surface area contributed by atoms with Gasteiger partial charge in [-0.05, 0) is 56.2 Å². The standard InChI is InChI=1S/C29H34N8O/c1-19-2-6-24(7-3-19)38-25-8-4-20(5-9-25)27-26-28(30)32-18-33-29(26)37(34-27)21-10-12-35(13-11-21)23-16-36(17-23)22-14-31-15-22/h2-9,18,21-23,31H,10-17H2,1H3,(H2,30,32,33). The molecule has 0 atom stereocenters. The molecule has 3 aliphatic heterocycles. The summed E-state index contributed by atoms with van der Waals surface area (Å²) in [6.07, 6.45) is 3.67. The van der Waals surface area contributed by atoms with E-state index in [1.165, 1.54) is 18.7 Å². The van der Waals surface area contributed by atoms with E-state index in [0.717, 1.165) is 78.9 Å². The highest BCUT2D eigenvalue weighted by Gasteiger charge is 2.39. The van der Waals surface area contributed by atoms with Gasteiger partial charge in [0.1, 0.15) is 29.3 Å². The van der Waals surface area contributed by atoms with Crippen LogP contribution in [0.25, 0.3) is 22.3 Å². The Morgan fingerprint density at radius 2 is 1.53 bits per heavy atom. The molecule has 9 nitrogen and oxygen atoms in total. The lowest BCUT2D eigenvalue weighted by molar-refractivity contribution is -0.0217. The van der Waals surface area contributed by atoms with Gasteiger partial charge in [0.2, 0.25) is 0 Å². The minimum Gasteiger partial charge on any atom is -0.457 e. The van der Waals surface area contributed by atoms with Crippen molar-refractivity contribution in [3.05, 3.63) is 60.4 Å². The van der Waals surface area contributed by atoms with Crippen LogP contribution in [0.1, 0.15) is 24.4 Å². The summed E-state index contributed by atoms with van der Waals surface area (Å²) in [6, 6.07) is 17.8. The van der Waals surface area contributed by atoms with Crippen LogP contribution in [0.4, 0.5) is 5.82 Å². The van der Waals surface area contributed by atoms with Crippen LogP contribution in [0.2, 0.25) is 0 Å². The van der Waals surface area contributed by atoms with Crippen LogP contribution in [-0.2, 0) is 0 Å². The third kappa shape index (κ3) is 4.30. The van der Waals surface area contributed by atoms with E-state index < -0.39 is 0 Å². The number of fused-ring (bicyclic) bond motifs is 1. The molecule has 196 valence electrons. The number of ether oxygens (including phenoxy) is 1. The Labute approximate surface area is 222 Å². The summed E-state index contributed by atoms with van der Waals surface area (Å²) in [7, 11) is 0. The Morgan fingerprint density at radius 3 is 2.18 bits per heavy atom. The number of benzene rings is 2. The van der Waals surface area contributed by atoms with E-state index in [2.05, 4.69) is 36.7 Å². The van der Waals surface area contributed by atoms with E-state index >= 15 is 0 Å². The zero-order valence-electron chi connectivity index (χ0n) is 21.8. The molecule has 5 heterocycles. The largest absolute Gasteiger partial charge is 0.457 e. The molecule has 38 heavy (non-hydrogen) atoms. The smallest absolute Gasteiger partial charge is 0.164 e. The summed E-state index contributed by atoms with van der Waals surface area (Å²) in [6.45, 7) is 8.96. The summed E-state index contributed by atoms with van der Waals surface area (Å²) >= 11 is 0. The second kappa shape index (κ2) is 9.65. The fraction of sp³-hybridized carbons (Fsp3) is 0.414. The van der Waals surface area contributed by atoms with Crippen LogP contribution >= 0.6 is 0 Å². The van der Waals surface area contributed by atoms with Gasteiger partial charge in [-0.15, -0.1) is 0 Å². The van der Waals surface area contributed by atoms with Gasteiger partial charge in [-0.3, -0.25) is 9.80 Å². The number of nitrogen functional groups attached to an aromatic ring is 1. The van der Waals surface area contributed by atoms with Gasteiger partial charge in [-0.2, -0.15) is 5.10 Å². The van der Waals surface area contributed by atoms with Gasteiger partial charge in [0, 0.05) is 56.9 Å². The number of hydrogen-bond acceptors (Lipinski definition) is 8. The van der Waals surface area contributed by atoms with Crippen LogP contribution < -0.4 is 15.8 Å². The molecule has 3 saturated heterocycles. The number of aryl methyl sites for hydroxylation is 1. The highest BCUT2D eigenvalue weighted by Crippen LogP contribution is 2.36. The number of nitrogens with one attached hydrogen (secondary N) is 1. The molecule has 2 aromatic carbocycles.